The zero-order chi connectivity index (χ0) is 24.6. The van der Waals surface area contributed by atoms with Gasteiger partial charge in [0.2, 0.25) is 11.8 Å². The van der Waals surface area contributed by atoms with E-state index < -0.39 is 0 Å². The van der Waals surface area contributed by atoms with Crippen LogP contribution < -0.4 is 10.2 Å². The lowest BCUT2D eigenvalue weighted by molar-refractivity contribution is -0.124. The topological polar surface area (TPSA) is 80.1 Å². The zero-order valence-electron chi connectivity index (χ0n) is 20.4. The number of carbonyl (C=O) groups excluding carboxylic acids is 2. The maximum absolute atomic E-state index is 13.2. The Labute approximate surface area is 232 Å². The van der Waals surface area contributed by atoms with Crippen LogP contribution in [0.4, 0.5) is 17.1 Å². The lowest BCUT2D eigenvalue weighted by atomic mass is 10.1. The number of nitrogens with one attached hydrogen (secondary N) is 1. The predicted octanol–water partition coefficient (Wildman–Crippen LogP) is 6.42. The van der Waals surface area contributed by atoms with Gasteiger partial charge in [-0.15, -0.1) is 24.8 Å². The largest absolute Gasteiger partial charge is 0.323 e. The molecule has 0 bridgehead atoms. The number of benzene rings is 3. The number of halogens is 2. The van der Waals surface area contributed by atoms with Crippen molar-refractivity contribution in [2.45, 2.75) is 19.3 Å². The van der Waals surface area contributed by atoms with Crippen molar-refractivity contribution in [2.75, 3.05) is 10.2 Å². The lowest BCUT2D eigenvalue weighted by Crippen LogP contribution is -2.26. The molecule has 38 heavy (non-hydrogen) atoms. The molecule has 1 aliphatic rings. The number of rotatable bonds is 4. The summed E-state index contributed by atoms with van der Waals surface area (Å²) in [5.41, 5.74) is 3.86. The number of aromatic nitrogens is 3. The second-order valence-corrected chi connectivity index (χ2v) is 8.78. The number of hydrogen-bond donors (Lipinski definition) is 1. The molecule has 1 N–H and O–H groups in total. The van der Waals surface area contributed by atoms with Crippen molar-refractivity contribution in [3.8, 4) is 5.69 Å². The summed E-state index contributed by atoms with van der Waals surface area (Å²) in [7, 11) is 0. The number of pyridine rings is 1. The highest BCUT2D eigenvalue weighted by atomic mass is 35.5. The lowest BCUT2D eigenvalue weighted by Gasteiger charge is -2.24. The maximum Gasteiger partial charge on any atom is 0.241 e. The van der Waals surface area contributed by atoms with Crippen LogP contribution in [-0.2, 0) is 9.59 Å². The molecule has 7 nitrogen and oxygen atoms in total. The molecule has 1 atom stereocenters. The molecule has 9 heteroatoms. The molecule has 6 rings (SSSR count). The molecule has 0 spiro atoms. The first-order valence-corrected chi connectivity index (χ1v) is 11.8. The van der Waals surface area contributed by atoms with Gasteiger partial charge in [0.25, 0.3) is 0 Å². The van der Waals surface area contributed by atoms with E-state index in [0.717, 1.165) is 28.0 Å². The third-order valence-electron chi connectivity index (χ3n) is 6.55. The van der Waals surface area contributed by atoms with Crippen molar-refractivity contribution in [1.29, 1.82) is 0 Å². The van der Waals surface area contributed by atoms with E-state index in [1.807, 2.05) is 89.6 Å². The van der Waals surface area contributed by atoms with Crippen LogP contribution in [0.1, 0.15) is 30.8 Å². The first-order chi connectivity index (χ1) is 17.6. The Kier molecular flexibility index (Phi) is 7.80. The number of imidazole rings is 1. The van der Waals surface area contributed by atoms with Gasteiger partial charge in [0, 0.05) is 35.4 Å². The van der Waals surface area contributed by atoms with Crippen LogP contribution in [0.5, 0.6) is 0 Å². The molecule has 0 fully saturated rings. The van der Waals surface area contributed by atoms with Gasteiger partial charge in [-0.3, -0.25) is 19.5 Å². The van der Waals surface area contributed by atoms with Crippen LogP contribution in [0.3, 0.4) is 0 Å². The van der Waals surface area contributed by atoms with E-state index in [4.69, 9.17) is 0 Å². The highest BCUT2D eigenvalue weighted by molar-refractivity contribution is 6.21. The third-order valence-corrected chi connectivity index (χ3v) is 6.55. The van der Waals surface area contributed by atoms with Gasteiger partial charge in [0.1, 0.15) is 12.2 Å². The number of carbonyl (C=O) groups is 2. The molecular weight excluding hydrogens is 521 g/mol. The average Bonchev–Trinajstić information content (AvgIpc) is 3.35. The Morgan fingerprint density at radius 1 is 0.816 bits per heavy atom. The molecular formula is C29H25Cl2N5O2. The average molecular weight is 546 g/mol. The highest BCUT2D eigenvalue weighted by Gasteiger charge is 2.28. The van der Waals surface area contributed by atoms with Crippen molar-refractivity contribution in [1.82, 2.24) is 14.5 Å². The van der Waals surface area contributed by atoms with Crippen molar-refractivity contribution in [3.63, 3.8) is 0 Å². The Morgan fingerprint density at radius 2 is 1.55 bits per heavy atom. The SMILES string of the molecule is CC(c1ccccn1)c1nccn1-c1ccc(N2C(=O)CC(=O)Nc3c2ccc2ccccc32)cc1.Cl.Cl. The molecule has 3 aromatic carbocycles. The van der Waals surface area contributed by atoms with E-state index >= 15 is 0 Å². The van der Waals surface area contributed by atoms with Gasteiger partial charge in [-0.05, 0) is 54.8 Å². The number of nitrogens with zero attached hydrogens (tertiary/aromatic N) is 4. The fourth-order valence-electron chi connectivity index (χ4n) is 4.78. The fourth-order valence-corrected chi connectivity index (χ4v) is 4.78. The van der Waals surface area contributed by atoms with E-state index in [1.165, 1.54) is 0 Å². The van der Waals surface area contributed by atoms with Crippen LogP contribution in [0.2, 0.25) is 0 Å². The molecule has 0 saturated carbocycles. The second kappa shape index (κ2) is 11.0. The Balaban J connectivity index is 0.00000168. The summed E-state index contributed by atoms with van der Waals surface area (Å²) in [6, 6.07) is 25.3. The summed E-state index contributed by atoms with van der Waals surface area (Å²) in [6.07, 6.45) is 5.26. The van der Waals surface area contributed by atoms with E-state index in [0.29, 0.717) is 17.1 Å². The van der Waals surface area contributed by atoms with Gasteiger partial charge in [-0.25, -0.2) is 4.98 Å². The molecule has 0 aliphatic carbocycles. The summed E-state index contributed by atoms with van der Waals surface area (Å²) in [5.74, 6) is 0.286. The summed E-state index contributed by atoms with van der Waals surface area (Å²) >= 11 is 0. The van der Waals surface area contributed by atoms with Crippen LogP contribution in [0.15, 0.2) is 97.5 Å². The van der Waals surface area contributed by atoms with Gasteiger partial charge in [-0.1, -0.05) is 36.4 Å². The molecule has 0 radical (unpaired) electrons. The fraction of sp³-hybridized carbons (Fsp3) is 0.103. The second-order valence-electron chi connectivity index (χ2n) is 8.78. The monoisotopic (exact) mass is 545 g/mol. The van der Waals surface area contributed by atoms with Gasteiger partial charge in [-0.2, -0.15) is 0 Å². The number of amides is 2. The minimum Gasteiger partial charge on any atom is -0.323 e. The Hall–Kier alpha value is -4.20. The van der Waals surface area contributed by atoms with E-state index in [-0.39, 0.29) is 49.0 Å². The Bertz CT molecular complexity index is 1600. The normalized spacial score (nSPS) is 13.6. The van der Waals surface area contributed by atoms with Crippen molar-refractivity contribution >= 4 is 64.5 Å². The van der Waals surface area contributed by atoms with Gasteiger partial charge >= 0.3 is 0 Å². The van der Waals surface area contributed by atoms with Crippen molar-refractivity contribution in [2.24, 2.45) is 0 Å². The molecule has 1 aliphatic heterocycles. The summed E-state index contributed by atoms with van der Waals surface area (Å²) in [6.45, 7) is 2.08. The minimum atomic E-state index is -0.316. The number of fused-ring (bicyclic) bond motifs is 3. The van der Waals surface area contributed by atoms with Crippen LogP contribution in [0.25, 0.3) is 16.5 Å². The maximum atomic E-state index is 13.2. The van der Waals surface area contributed by atoms with Gasteiger partial charge in [0.15, 0.2) is 0 Å². The summed E-state index contributed by atoms with van der Waals surface area (Å²) in [5, 5.41) is 4.84. The van der Waals surface area contributed by atoms with Crippen LogP contribution in [-0.4, -0.2) is 26.3 Å². The quantitative estimate of drug-likeness (QED) is 0.264. The molecule has 5 aromatic rings. The molecule has 2 aromatic heterocycles. The van der Waals surface area contributed by atoms with Gasteiger partial charge < -0.3 is 9.88 Å². The van der Waals surface area contributed by atoms with E-state index in [9.17, 15) is 9.59 Å². The number of anilines is 3. The van der Waals surface area contributed by atoms with Crippen LogP contribution in [0, 0.1) is 0 Å². The summed E-state index contributed by atoms with van der Waals surface area (Å²) < 4.78 is 2.03. The first kappa shape index (κ1) is 26.9. The molecule has 192 valence electrons. The van der Waals surface area contributed by atoms with E-state index in [2.05, 4.69) is 22.2 Å². The molecule has 3 heterocycles. The highest BCUT2D eigenvalue weighted by Crippen LogP contribution is 2.40. The standard InChI is InChI=1S/C29H23N5O2.2ClH/c1-19(24-8-4-5-15-30-24)29-31-16-17-33(29)21-10-12-22(13-11-21)34-25-14-9-20-6-2-3-7-23(20)28(25)32-26(35)18-27(34)36;;/h2-17,19H,18H2,1H3,(H,32,35);2*1H. The van der Waals surface area contributed by atoms with Gasteiger partial charge in [0.05, 0.1) is 23.0 Å². The smallest absolute Gasteiger partial charge is 0.241 e. The summed E-state index contributed by atoms with van der Waals surface area (Å²) in [4.78, 5) is 36.4. The zero-order valence-corrected chi connectivity index (χ0v) is 22.1. The third kappa shape index (κ3) is 4.74. The predicted molar refractivity (Wildman–Crippen MR) is 154 cm³/mol. The first-order valence-electron chi connectivity index (χ1n) is 11.8. The minimum absolute atomic E-state index is 0. The molecule has 0 saturated heterocycles. The van der Waals surface area contributed by atoms with E-state index in [1.54, 1.807) is 17.3 Å². The molecule has 1 unspecified atom stereocenters. The Morgan fingerprint density at radius 3 is 2.32 bits per heavy atom. The van der Waals surface area contributed by atoms with Crippen molar-refractivity contribution in [3.05, 3.63) is 109 Å². The molecule has 2 amide bonds. The van der Waals surface area contributed by atoms with Crippen LogP contribution >= 0.6 is 24.8 Å². The van der Waals surface area contributed by atoms with Crippen molar-refractivity contribution < 1.29 is 9.59 Å². The number of hydrogen-bond acceptors (Lipinski definition) is 4.